The summed E-state index contributed by atoms with van der Waals surface area (Å²) in [5, 5.41) is 11.6. The first-order valence-electron chi connectivity index (χ1n) is 7.48. The third-order valence-electron chi connectivity index (χ3n) is 4.28. The second-order valence-electron chi connectivity index (χ2n) is 5.60. The quantitative estimate of drug-likeness (QED) is 0.843. The number of aromatic nitrogens is 2. The van der Waals surface area contributed by atoms with Gasteiger partial charge in [-0.15, -0.1) is 11.8 Å². The monoisotopic (exact) mass is 311 g/mol. The third-order valence-corrected chi connectivity index (χ3v) is 5.72. The van der Waals surface area contributed by atoms with Crippen LogP contribution in [0.5, 0.6) is 0 Å². The zero-order valence-electron chi connectivity index (χ0n) is 12.4. The second-order valence-corrected chi connectivity index (χ2v) is 6.81. The van der Waals surface area contributed by atoms with Gasteiger partial charge in [-0.1, -0.05) is 11.8 Å². The second kappa shape index (κ2) is 5.72. The molecule has 2 saturated heterocycles. The van der Waals surface area contributed by atoms with E-state index in [-0.39, 0.29) is 11.9 Å². The molecule has 1 aromatic heterocycles. The maximum absolute atomic E-state index is 11.4. The number of nitrogens with zero attached hydrogens (tertiary/aromatic N) is 5. The molecule has 116 valence electrons. The Hall–Kier alpha value is -1.49. The lowest BCUT2D eigenvalue weighted by Gasteiger charge is -2.29. The van der Waals surface area contributed by atoms with Crippen LogP contribution in [0.3, 0.4) is 0 Å². The smallest absolute Gasteiger partial charge is 0.219 e. The highest BCUT2D eigenvalue weighted by atomic mass is 32.2. The van der Waals surface area contributed by atoms with Crippen LogP contribution in [-0.4, -0.2) is 50.9 Å². The Kier molecular flexibility index (Phi) is 3.93. The normalized spacial score (nSPS) is 27.3. The average molecular weight is 311 g/mol. The molecule has 0 aliphatic carbocycles. The van der Waals surface area contributed by atoms with Gasteiger partial charge in [0.1, 0.15) is 6.04 Å². The average Bonchev–Trinajstić information content (AvgIpc) is 3.18. The van der Waals surface area contributed by atoms with E-state index in [2.05, 4.69) is 13.0 Å². The summed E-state index contributed by atoms with van der Waals surface area (Å²) < 4.78 is 5.62. The molecule has 0 radical (unpaired) electrons. The van der Waals surface area contributed by atoms with E-state index in [9.17, 15) is 10.1 Å². The van der Waals surface area contributed by atoms with E-state index >= 15 is 0 Å². The largest absolute Gasteiger partial charge is 0.343 e. The molecule has 0 bridgehead atoms. The van der Waals surface area contributed by atoms with Crippen LogP contribution in [0.15, 0.2) is 4.63 Å². The summed E-state index contributed by atoms with van der Waals surface area (Å²) in [7, 11) is 0. The minimum absolute atomic E-state index is 0.123. The number of likely N-dealkylation sites (tertiary alicyclic amines) is 1. The number of carbonyl (C=O) groups is 1. The Balaban J connectivity index is 1.64. The molecule has 2 unspecified atom stereocenters. The summed E-state index contributed by atoms with van der Waals surface area (Å²) in [5.74, 6) is 0.967. The third kappa shape index (κ3) is 2.67. The summed E-state index contributed by atoms with van der Waals surface area (Å²) in [6, 6.07) is 2.52. The summed E-state index contributed by atoms with van der Waals surface area (Å²) >= 11 is 1.81. The molecule has 3 rings (SSSR count). The zero-order valence-corrected chi connectivity index (χ0v) is 13.3. The number of hydrogen-bond donors (Lipinski definition) is 0. The molecule has 21 heavy (non-hydrogen) atoms. The fourth-order valence-electron chi connectivity index (χ4n) is 3.00. The number of rotatable bonds is 3. The molecule has 1 amide bonds. The van der Waals surface area contributed by atoms with Gasteiger partial charge in [-0.3, -0.25) is 4.79 Å². The van der Waals surface area contributed by atoms with Gasteiger partial charge in [-0.05, 0) is 19.3 Å². The van der Waals surface area contributed by atoms with Crippen molar-refractivity contribution in [3.8, 4) is 6.07 Å². The minimum Gasteiger partial charge on any atom is -0.343 e. The van der Waals surface area contributed by atoms with Crippen LogP contribution in [0.2, 0.25) is 0 Å². The standard InChI is InChI=1S/C13H21N5O2S/c1-3-13-16(12(8-14)9-21-13)18-17(20-18)11-4-6-15(7-5-11)10(2)19/h11-13H,3-7,9H2,1-2H3. The summed E-state index contributed by atoms with van der Waals surface area (Å²) in [6.45, 7) is 5.30. The van der Waals surface area contributed by atoms with Crippen LogP contribution < -0.4 is 5.01 Å². The van der Waals surface area contributed by atoms with Gasteiger partial charge >= 0.3 is 0 Å². The van der Waals surface area contributed by atoms with Crippen LogP contribution in [0, 0.1) is 11.3 Å². The highest BCUT2D eigenvalue weighted by Gasteiger charge is 2.40. The molecule has 2 aliphatic rings. The lowest BCUT2D eigenvalue weighted by atomic mass is 10.1. The van der Waals surface area contributed by atoms with E-state index in [1.807, 2.05) is 14.8 Å². The van der Waals surface area contributed by atoms with E-state index in [0.29, 0.717) is 11.4 Å². The Labute approximate surface area is 128 Å². The first kappa shape index (κ1) is 14.4. The molecule has 0 saturated carbocycles. The topological polar surface area (TPSA) is 70.3 Å². The minimum atomic E-state index is -0.123. The molecule has 2 aliphatic heterocycles. The number of carbonyl (C=O) groups excluding carboxylic acids is 1. The Morgan fingerprint density at radius 3 is 2.71 bits per heavy atom. The predicted molar refractivity (Wildman–Crippen MR) is 79.4 cm³/mol. The molecule has 2 fully saturated rings. The van der Waals surface area contributed by atoms with Gasteiger partial charge in [0.05, 0.1) is 17.5 Å². The zero-order chi connectivity index (χ0) is 15.0. The molecular weight excluding hydrogens is 290 g/mol. The van der Waals surface area contributed by atoms with Gasteiger partial charge < -0.3 is 4.90 Å². The molecule has 0 aromatic carbocycles. The maximum atomic E-state index is 11.4. The Morgan fingerprint density at radius 1 is 1.43 bits per heavy atom. The molecule has 0 spiro atoms. The van der Waals surface area contributed by atoms with Crippen molar-refractivity contribution in [2.24, 2.45) is 0 Å². The van der Waals surface area contributed by atoms with Crippen molar-refractivity contribution >= 4 is 17.7 Å². The van der Waals surface area contributed by atoms with E-state index in [1.54, 1.807) is 23.6 Å². The Bertz CT molecular complexity index is 534. The molecule has 8 heteroatoms. The highest BCUT2D eigenvalue weighted by molar-refractivity contribution is 8.00. The molecule has 2 atom stereocenters. The van der Waals surface area contributed by atoms with Gasteiger partial charge in [-0.25, -0.2) is 9.64 Å². The fraction of sp³-hybridized carbons (Fsp3) is 0.846. The first-order chi connectivity index (χ1) is 10.2. The molecular formula is C13H21N5O2S. The van der Waals surface area contributed by atoms with Gasteiger partial charge in [0, 0.05) is 30.7 Å². The number of hydrogen-bond acceptors (Lipinski definition) is 5. The SMILES string of the molecule is CCC1SCC(C#N)N1n1on1C1CCN(C(C)=O)CC1. The lowest BCUT2D eigenvalue weighted by Crippen LogP contribution is -2.43. The van der Waals surface area contributed by atoms with Crippen LogP contribution in [-0.2, 0) is 4.79 Å². The van der Waals surface area contributed by atoms with Crippen molar-refractivity contribution in [1.82, 2.24) is 14.7 Å². The summed E-state index contributed by atoms with van der Waals surface area (Å²) in [6.07, 6.45) is 2.80. The Morgan fingerprint density at radius 2 is 2.14 bits per heavy atom. The highest BCUT2D eigenvalue weighted by Crippen LogP contribution is 2.33. The number of amides is 1. The maximum Gasteiger partial charge on any atom is 0.219 e. The molecule has 1 aromatic rings. The van der Waals surface area contributed by atoms with E-state index in [1.165, 1.54) is 0 Å². The van der Waals surface area contributed by atoms with Crippen LogP contribution >= 0.6 is 11.8 Å². The number of nitriles is 1. The number of thioether (sulfide) groups is 1. The van der Waals surface area contributed by atoms with E-state index in [0.717, 1.165) is 38.1 Å². The van der Waals surface area contributed by atoms with Gasteiger partial charge in [0.15, 0.2) is 0 Å². The molecule has 3 heterocycles. The van der Waals surface area contributed by atoms with Crippen molar-refractivity contribution < 1.29 is 9.42 Å². The molecule has 7 nitrogen and oxygen atoms in total. The van der Waals surface area contributed by atoms with Crippen molar-refractivity contribution in [1.29, 1.82) is 5.26 Å². The lowest BCUT2D eigenvalue weighted by molar-refractivity contribution is -0.130. The first-order valence-corrected chi connectivity index (χ1v) is 8.53. The summed E-state index contributed by atoms with van der Waals surface area (Å²) in [5.41, 5.74) is 0. The fourth-order valence-corrected chi connectivity index (χ4v) is 4.24. The van der Waals surface area contributed by atoms with Crippen molar-refractivity contribution in [3.63, 3.8) is 0 Å². The van der Waals surface area contributed by atoms with Crippen LogP contribution in [0.1, 0.15) is 39.2 Å². The van der Waals surface area contributed by atoms with Gasteiger partial charge in [-0.2, -0.15) is 5.26 Å². The predicted octanol–water partition coefficient (Wildman–Crippen LogP) is 1.38. The van der Waals surface area contributed by atoms with Crippen molar-refractivity contribution in [3.05, 3.63) is 0 Å². The van der Waals surface area contributed by atoms with Crippen molar-refractivity contribution in [2.75, 3.05) is 23.9 Å². The van der Waals surface area contributed by atoms with E-state index in [4.69, 9.17) is 4.63 Å². The number of piperidine rings is 1. The van der Waals surface area contributed by atoms with Crippen LogP contribution in [0.4, 0.5) is 0 Å². The van der Waals surface area contributed by atoms with Crippen LogP contribution in [0.25, 0.3) is 0 Å². The molecule has 0 N–H and O–H groups in total. The van der Waals surface area contributed by atoms with Gasteiger partial charge in [0.25, 0.3) is 0 Å². The van der Waals surface area contributed by atoms with Gasteiger partial charge in [0.2, 0.25) is 5.91 Å². The van der Waals surface area contributed by atoms with Crippen molar-refractivity contribution in [2.45, 2.75) is 50.6 Å². The summed E-state index contributed by atoms with van der Waals surface area (Å²) in [4.78, 5) is 16.9. The van der Waals surface area contributed by atoms with E-state index < -0.39 is 0 Å².